The van der Waals surface area contributed by atoms with Gasteiger partial charge in [-0.05, 0) is 30.3 Å². The third-order valence-corrected chi connectivity index (χ3v) is 3.59. The molecular weight excluding hydrogens is 330 g/mol. The molecule has 0 unspecified atom stereocenters. The number of nitrogens with zero attached hydrogens (tertiary/aromatic N) is 2. The highest BCUT2D eigenvalue weighted by Crippen LogP contribution is 2.18. The number of carbonyl (C=O) groups excluding carboxylic acids is 1. The summed E-state index contributed by atoms with van der Waals surface area (Å²) in [5, 5.41) is 7.66. The smallest absolute Gasteiger partial charge is 0.258 e. The van der Waals surface area contributed by atoms with Crippen LogP contribution in [0, 0.1) is 0 Å². The summed E-state index contributed by atoms with van der Waals surface area (Å²) in [6.45, 7) is 1.00. The number of aromatic nitrogens is 2. The molecule has 3 rings (SSSR count). The molecule has 7 heteroatoms. The van der Waals surface area contributed by atoms with Gasteiger partial charge < -0.3 is 14.5 Å². The Bertz CT molecular complexity index is 782. The Balaban J connectivity index is 1.40. The number of amides is 1. The summed E-state index contributed by atoms with van der Waals surface area (Å²) in [7, 11) is 0. The number of rotatable bonds is 7. The van der Waals surface area contributed by atoms with Crippen LogP contribution in [-0.2, 0) is 11.3 Å². The molecule has 0 atom stereocenters. The maximum Gasteiger partial charge on any atom is 0.258 e. The molecule has 24 heavy (non-hydrogen) atoms. The summed E-state index contributed by atoms with van der Waals surface area (Å²) < 4.78 is 12.2. The molecular formula is C17H16ClN3O3. The van der Waals surface area contributed by atoms with Gasteiger partial charge in [-0.3, -0.25) is 9.48 Å². The quantitative estimate of drug-likeness (QED) is 0.714. The zero-order valence-electron chi connectivity index (χ0n) is 12.8. The molecule has 0 radical (unpaired) electrons. The van der Waals surface area contributed by atoms with Crippen LogP contribution in [0.25, 0.3) is 11.1 Å². The summed E-state index contributed by atoms with van der Waals surface area (Å²) >= 11 is 5.79. The van der Waals surface area contributed by atoms with Gasteiger partial charge in [0.15, 0.2) is 6.61 Å². The minimum Gasteiger partial charge on any atom is -0.484 e. The van der Waals surface area contributed by atoms with Crippen molar-refractivity contribution in [3.63, 3.8) is 0 Å². The van der Waals surface area contributed by atoms with Gasteiger partial charge in [0.25, 0.3) is 5.91 Å². The van der Waals surface area contributed by atoms with E-state index in [1.165, 1.54) is 0 Å². The monoisotopic (exact) mass is 345 g/mol. The van der Waals surface area contributed by atoms with Gasteiger partial charge in [0, 0.05) is 28.9 Å². The van der Waals surface area contributed by atoms with E-state index in [0.29, 0.717) is 23.9 Å². The van der Waals surface area contributed by atoms with Crippen molar-refractivity contribution < 1.29 is 13.9 Å². The fourth-order valence-electron chi connectivity index (χ4n) is 2.10. The van der Waals surface area contributed by atoms with Crippen LogP contribution in [0.4, 0.5) is 0 Å². The number of halogens is 1. The first-order valence-electron chi connectivity index (χ1n) is 7.41. The number of hydrogen-bond donors (Lipinski definition) is 1. The van der Waals surface area contributed by atoms with Crippen molar-refractivity contribution in [3.05, 3.63) is 60.3 Å². The van der Waals surface area contributed by atoms with E-state index in [4.69, 9.17) is 20.8 Å². The molecule has 1 aromatic carbocycles. The van der Waals surface area contributed by atoms with Crippen LogP contribution in [0.2, 0.25) is 5.02 Å². The number of hydrogen-bond acceptors (Lipinski definition) is 4. The lowest BCUT2D eigenvalue weighted by molar-refractivity contribution is -0.123. The van der Waals surface area contributed by atoms with Gasteiger partial charge in [-0.15, -0.1) is 0 Å². The summed E-state index contributed by atoms with van der Waals surface area (Å²) in [6.07, 6.45) is 6.95. The molecule has 0 aliphatic carbocycles. The lowest BCUT2D eigenvalue weighted by Crippen LogP contribution is -2.31. The molecule has 124 valence electrons. The zero-order valence-corrected chi connectivity index (χ0v) is 13.6. The largest absolute Gasteiger partial charge is 0.484 e. The van der Waals surface area contributed by atoms with Crippen molar-refractivity contribution in [3.8, 4) is 16.9 Å². The number of furan rings is 1. The Morgan fingerprint density at radius 1 is 1.25 bits per heavy atom. The highest BCUT2D eigenvalue weighted by molar-refractivity contribution is 6.30. The fraction of sp³-hybridized carbons (Fsp3) is 0.176. The molecule has 6 nitrogen and oxygen atoms in total. The first-order valence-corrected chi connectivity index (χ1v) is 7.78. The Hall–Kier alpha value is -2.73. The second-order valence-corrected chi connectivity index (χ2v) is 5.53. The molecule has 0 bridgehead atoms. The van der Waals surface area contributed by atoms with E-state index in [1.807, 2.05) is 12.3 Å². The maximum absolute atomic E-state index is 11.8. The van der Waals surface area contributed by atoms with Crippen molar-refractivity contribution >= 4 is 17.5 Å². The van der Waals surface area contributed by atoms with Crippen LogP contribution in [0.1, 0.15) is 0 Å². The lowest BCUT2D eigenvalue weighted by atomic mass is 10.2. The Labute approximate surface area is 144 Å². The van der Waals surface area contributed by atoms with E-state index in [0.717, 1.165) is 11.1 Å². The average molecular weight is 346 g/mol. The standard InChI is InChI=1S/C17H16ClN3O3/c18-15-1-3-16(4-2-15)24-12-17(22)19-6-7-21-10-14(9-20-21)13-5-8-23-11-13/h1-5,8-11H,6-7,12H2,(H,19,22). The van der Waals surface area contributed by atoms with E-state index in [1.54, 1.807) is 47.7 Å². The molecule has 0 saturated heterocycles. The van der Waals surface area contributed by atoms with Crippen LogP contribution in [-0.4, -0.2) is 28.8 Å². The van der Waals surface area contributed by atoms with Crippen molar-refractivity contribution in [2.75, 3.05) is 13.2 Å². The molecule has 2 heterocycles. The van der Waals surface area contributed by atoms with Crippen molar-refractivity contribution in [2.45, 2.75) is 6.54 Å². The van der Waals surface area contributed by atoms with Crippen molar-refractivity contribution in [2.24, 2.45) is 0 Å². The number of ether oxygens (including phenoxy) is 1. The second-order valence-electron chi connectivity index (χ2n) is 5.10. The number of benzene rings is 1. The third kappa shape index (κ3) is 4.39. The van der Waals surface area contributed by atoms with Gasteiger partial charge in [0.1, 0.15) is 5.75 Å². The molecule has 0 fully saturated rings. The first-order chi connectivity index (χ1) is 11.7. The molecule has 0 aliphatic rings. The van der Waals surface area contributed by atoms with Crippen LogP contribution in [0.15, 0.2) is 59.7 Å². The minimum absolute atomic E-state index is 0.0407. The normalized spacial score (nSPS) is 10.5. The second kappa shape index (κ2) is 7.70. The van der Waals surface area contributed by atoms with Gasteiger partial charge in [-0.2, -0.15) is 5.10 Å². The number of nitrogens with one attached hydrogen (secondary N) is 1. The Morgan fingerprint density at radius 3 is 2.83 bits per heavy atom. The van der Waals surface area contributed by atoms with Gasteiger partial charge in [-0.1, -0.05) is 11.6 Å². The summed E-state index contributed by atoms with van der Waals surface area (Å²) in [5.74, 6) is 0.415. The summed E-state index contributed by atoms with van der Waals surface area (Å²) in [6, 6.07) is 8.74. The average Bonchev–Trinajstić information content (AvgIpc) is 3.25. The van der Waals surface area contributed by atoms with Crippen LogP contribution < -0.4 is 10.1 Å². The zero-order chi connectivity index (χ0) is 16.8. The molecule has 0 aliphatic heterocycles. The third-order valence-electron chi connectivity index (χ3n) is 3.33. The first kappa shape index (κ1) is 16.1. The summed E-state index contributed by atoms with van der Waals surface area (Å²) in [5.41, 5.74) is 1.95. The van der Waals surface area contributed by atoms with Crippen molar-refractivity contribution in [1.82, 2.24) is 15.1 Å². The summed E-state index contributed by atoms with van der Waals surface area (Å²) in [4.78, 5) is 11.8. The minimum atomic E-state index is -0.188. The highest BCUT2D eigenvalue weighted by atomic mass is 35.5. The molecule has 1 amide bonds. The van der Waals surface area contributed by atoms with Crippen molar-refractivity contribution in [1.29, 1.82) is 0 Å². The SMILES string of the molecule is O=C(COc1ccc(Cl)cc1)NCCn1cc(-c2ccoc2)cn1. The molecule has 2 aromatic heterocycles. The van der Waals surface area contributed by atoms with E-state index in [9.17, 15) is 4.79 Å². The van der Waals surface area contributed by atoms with E-state index < -0.39 is 0 Å². The van der Waals surface area contributed by atoms with Crippen LogP contribution in [0.5, 0.6) is 5.75 Å². The van der Waals surface area contributed by atoms with Crippen LogP contribution >= 0.6 is 11.6 Å². The number of carbonyl (C=O) groups is 1. The van der Waals surface area contributed by atoms with Gasteiger partial charge in [-0.25, -0.2) is 0 Å². The van der Waals surface area contributed by atoms with Gasteiger partial charge in [0.2, 0.25) is 0 Å². The molecule has 3 aromatic rings. The highest BCUT2D eigenvalue weighted by Gasteiger charge is 2.05. The predicted octanol–water partition coefficient (Wildman–Crippen LogP) is 2.99. The predicted molar refractivity (Wildman–Crippen MR) is 89.9 cm³/mol. The topological polar surface area (TPSA) is 69.3 Å². The molecule has 0 spiro atoms. The van der Waals surface area contributed by atoms with Crippen LogP contribution in [0.3, 0.4) is 0 Å². The van der Waals surface area contributed by atoms with Gasteiger partial charge in [0.05, 0.1) is 25.3 Å². The lowest BCUT2D eigenvalue weighted by Gasteiger charge is -2.07. The van der Waals surface area contributed by atoms with Gasteiger partial charge >= 0.3 is 0 Å². The molecule has 1 N–H and O–H groups in total. The maximum atomic E-state index is 11.8. The Kier molecular flexibility index (Phi) is 5.18. The molecule has 0 saturated carbocycles. The van der Waals surface area contributed by atoms with E-state index in [2.05, 4.69) is 10.4 Å². The Morgan fingerprint density at radius 2 is 2.08 bits per heavy atom. The fourth-order valence-corrected chi connectivity index (χ4v) is 2.23. The van der Waals surface area contributed by atoms with E-state index >= 15 is 0 Å². The van der Waals surface area contributed by atoms with E-state index in [-0.39, 0.29) is 12.5 Å².